The van der Waals surface area contributed by atoms with Gasteiger partial charge in [0.1, 0.15) is 6.17 Å². The topological polar surface area (TPSA) is 98.7 Å². The Kier molecular flexibility index (Phi) is 1.80. The van der Waals surface area contributed by atoms with Gasteiger partial charge in [0.15, 0.2) is 0 Å². The summed E-state index contributed by atoms with van der Waals surface area (Å²) in [5, 5.41) is 13.3. The maximum atomic E-state index is 11.2. The Labute approximate surface area is 79.1 Å². The number of carboxylic acid groups (broad SMARTS) is 1. The van der Waals surface area contributed by atoms with Crippen molar-refractivity contribution in [3.8, 4) is 0 Å². The Morgan fingerprint density at radius 2 is 2.21 bits per heavy atom. The third-order valence-corrected chi connectivity index (χ3v) is 2.43. The maximum absolute atomic E-state index is 11.2. The average molecular weight is 199 g/mol. The summed E-state index contributed by atoms with van der Waals surface area (Å²) in [5.74, 6) is -1.54. The van der Waals surface area contributed by atoms with Crippen LogP contribution in [0.4, 0.5) is 9.59 Å². The molecule has 14 heavy (non-hydrogen) atoms. The lowest BCUT2D eigenvalue weighted by atomic mass is 10.1. The second kappa shape index (κ2) is 2.86. The summed E-state index contributed by atoms with van der Waals surface area (Å²) in [4.78, 5) is 34.1. The van der Waals surface area contributed by atoms with Crippen LogP contribution in [0.2, 0.25) is 0 Å². The first-order valence-corrected chi connectivity index (χ1v) is 4.19. The monoisotopic (exact) mass is 199 g/mol. The van der Waals surface area contributed by atoms with E-state index in [4.69, 9.17) is 5.11 Å². The van der Waals surface area contributed by atoms with E-state index >= 15 is 0 Å². The summed E-state index contributed by atoms with van der Waals surface area (Å²) < 4.78 is 0. The van der Waals surface area contributed by atoms with Gasteiger partial charge in [0.25, 0.3) is 0 Å². The Morgan fingerprint density at radius 1 is 1.50 bits per heavy atom. The summed E-state index contributed by atoms with van der Waals surface area (Å²) in [7, 11) is 0. The zero-order valence-corrected chi connectivity index (χ0v) is 7.19. The summed E-state index contributed by atoms with van der Waals surface area (Å²) in [5.41, 5.74) is 0. The van der Waals surface area contributed by atoms with E-state index in [1.807, 2.05) is 0 Å². The SMILES string of the molecule is O=C1NC(=O)N2CC(C(=O)O)CC2N1. The number of nitrogens with one attached hydrogen (secondary N) is 2. The number of aliphatic carboxylic acids is 1. The molecule has 0 spiro atoms. The molecular weight excluding hydrogens is 190 g/mol. The molecule has 0 aromatic carbocycles. The first-order chi connectivity index (χ1) is 6.58. The van der Waals surface area contributed by atoms with Gasteiger partial charge in [-0.25, -0.2) is 9.59 Å². The summed E-state index contributed by atoms with van der Waals surface area (Å²) in [6.45, 7) is 0.145. The van der Waals surface area contributed by atoms with Crippen molar-refractivity contribution >= 4 is 18.0 Å². The minimum atomic E-state index is -0.943. The highest BCUT2D eigenvalue weighted by atomic mass is 16.4. The second-order valence-electron chi connectivity index (χ2n) is 3.34. The van der Waals surface area contributed by atoms with Crippen LogP contribution in [0.5, 0.6) is 0 Å². The van der Waals surface area contributed by atoms with Gasteiger partial charge in [-0.1, -0.05) is 0 Å². The number of fused-ring (bicyclic) bond motifs is 1. The fourth-order valence-electron chi connectivity index (χ4n) is 1.73. The van der Waals surface area contributed by atoms with E-state index in [0.29, 0.717) is 0 Å². The van der Waals surface area contributed by atoms with Crippen LogP contribution in [-0.2, 0) is 4.79 Å². The van der Waals surface area contributed by atoms with Gasteiger partial charge in [0.05, 0.1) is 5.92 Å². The van der Waals surface area contributed by atoms with Gasteiger partial charge in [-0.05, 0) is 0 Å². The first kappa shape index (κ1) is 8.79. The van der Waals surface area contributed by atoms with Gasteiger partial charge >= 0.3 is 18.0 Å². The summed E-state index contributed by atoms with van der Waals surface area (Å²) in [6.07, 6.45) is -0.202. The molecular formula is C7H9N3O4. The molecule has 7 heteroatoms. The van der Waals surface area contributed by atoms with E-state index in [2.05, 4.69) is 10.6 Å². The zero-order chi connectivity index (χ0) is 10.3. The van der Waals surface area contributed by atoms with Crippen molar-refractivity contribution in [3.05, 3.63) is 0 Å². The molecule has 76 valence electrons. The smallest absolute Gasteiger partial charge is 0.327 e. The minimum absolute atomic E-state index is 0.145. The Bertz CT molecular complexity index is 316. The molecule has 0 aromatic heterocycles. The summed E-state index contributed by atoms with van der Waals surface area (Å²) >= 11 is 0. The van der Waals surface area contributed by atoms with E-state index < -0.39 is 30.1 Å². The molecule has 2 aliphatic rings. The number of imide groups is 1. The second-order valence-corrected chi connectivity index (χ2v) is 3.34. The Hall–Kier alpha value is -1.79. The molecule has 0 aromatic rings. The molecule has 2 saturated heterocycles. The lowest BCUT2D eigenvalue weighted by Gasteiger charge is -2.29. The van der Waals surface area contributed by atoms with Gasteiger partial charge < -0.3 is 15.3 Å². The van der Waals surface area contributed by atoms with Crippen LogP contribution in [0.1, 0.15) is 6.42 Å². The molecule has 2 unspecified atom stereocenters. The van der Waals surface area contributed by atoms with E-state index in [0.717, 1.165) is 0 Å². The molecule has 0 aliphatic carbocycles. The van der Waals surface area contributed by atoms with Crippen LogP contribution >= 0.6 is 0 Å². The van der Waals surface area contributed by atoms with Crippen molar-refractivity contribution in [2.24, 2.45) is 5.92 Å². The third kappa shape index (κ3) is 1.26. The Balaban J connectivity index is 2.13. The molecule has 2 aliphatic heterocycles. The number of amides is 4. The molecule has 0 saturated carbocycles. The van der Waals surface area contributed by atoms with Crippen LogP contribution in [0.25, 0.3) is 0 Å². The fraction of sp³-hybridized carbons (Fsp3) is 0.571. The van der Waals surface area contributed by atoms with Crippen molar-refractivity contribution in [1.82, 2.24) is 15.5 Å². The maximum Gasteiger partial charge on any atom is 0.327 e. The number of hydrogen-bond acceptors (Lipinski definition) is 3. The standard InChI is InChI=1S/C7H9N3O4/c11-5(12)3-1-4-8-6(13)9-7(14)10(4)2-3/h3-4H,1-2H2,(H,11,12)(H2,8,9,13,14). The normalized spacial score (nSPS) is 30.7. The number of carbonyl (C=O) groups is 3. The van der Waals surface area contributed by atoms with Gasteiger partial charge in [0.2, 0.25) is 0 Å². The minimum Gasteiger partial charge on any atom is -0.481 e. The predicted octanol–water partition coefficient (Wildman–Crippen LogP) is -0.848. The predicted molar refractivity (Wildman–Crippen MR) is 43.3 cm³/mol. The largest absolute Gasteiger partial charge is 0.481 e. The van der Waals surface area contributed by atoms with Crippen LogP contribution < -0.4 is 10.6 Å². The molecule has 3 N–H and O–H groups in total. The highest BCUT2D eigenvalue weighted by Gasteiger charge is 2.42. The van der Waals surface area contributed by atoms with Crippen molar-refractivity contribution in [2.75, 3.05) is 6.54 Å². The lowest BCUT2D eigenvalue weighted by Crippen LogP contribution is -2.60. The number of carbonyl (C=O) groups excluding carboxylic acids is 2. The third-order valence-electron chi connectivity index (χ3n) is 2.43. The fourth-order valence-corrected chi connectivity index (χ4v) is 1.73. The van der Waals surface area contributed by atoms with E-state index in [1.165, 1.54) is 4.90 Å². The number of carboxylic acids is 1. The molecule has 4 amide bonds. The quantitative estimate of drug-likeness (QED) is 0.512. The molecule has 2 rings (SSSR count). The van der Waals surface area contributed by atoms with Crippen LogP contribution in [0.15, 0.2) is 0 Å². The molecule has 7 nitrogen and oxygen atoms in total. The van der Waals surface area contributed by atoms with Crippen LogP contribution in [0, 0.1) is 5.92 Å². The van der Waals surface area contributed by atoms with Gasteiger partial charge in [-0.3, -0.25) is 10.1 Å². The molecule has 2 atom stereocenters. The number of rotatable bonds is 1. The number of nitrogens with zero attached hydrogens (tertiary/aromatic N) is 1. The van der Waals surface area contributed by atoms with Crippen LogP contribution in [0.3, 0.4) is 0 Å². The highest BCUT2D eigenvalue weighted by Crippen LogP contribution is 2.23. The van der Waals surface area contributed by atoms with Crippen molar-refractivity contribution in [1.29, 1.82) is 0 Å². The molecule has 0 radical (unpaired) electrons. The Morgan fingerprint density at radius 3 is 2.86 bits per heavy atom. The molecule has 2 heterocycles. The van der Waals surface area contributed by atoms with E-state index in [1.54, 1.807) is 0 Å². The van der Waals surface area contributed by atoms with Crippen LogP contribution in [-0.4, -0.2) is 40.7 Å². The highest BCUT2D eigenvalue weighted by molar-refractivity contribution is 5.96. The molecule has 2 fully saturated rings. The van der Waals surface area contributed by atoms with E-state index in [9.17, 15) is 14.4 Å². The van der Waals surface area contributed by atoms with Gasteiger partial charge in [0, 0.05) is 13.0 Å². The zero-order valence-electron chi connectivity index (χ0n) is 7.19. The average Bonchev–Trinajstić information content (AvgIpc) is 2.47. The van der Waals surface area contributed by atoms with Crippen molar-refractivity contribution in [3.63, 3.8) is 0 Å². The van der Waals surface area contributed by atoms with Crippen molar-refractivity contribution < 1.29 is 19.5 Å². The first-order valence-electron chi connectivity index (χ1n) is 4.19. The lowest BCUT2D eigenvalue weighted by molar-refractivity contribution is -0.141. The molecule has 0 bridgehead atoms. The summed E-state index contributed by atoms with van der Waals surface area (Å²) in [6, 6.07) is -1.09. The van der Waals surface area contributed by atoms with Gasteiger partial charge in [-0.15, -0.1) is 0 Å². The van der Waals surface area contributed by atoms with Crippen molar-refractivity contribution in [2.45, 2.75) is 12.6 Å². The number of urea groups is 2. The van der Waals surface area contributed by atoms with Gasteiger partial charge in [-0.2, -0.15) is 0 Å². The van der Waals surface area contributed by atoms with E-state index in [-0.39, 0.29) is 13.0 Å². The number of hydrogen-bond donors (Lipinski definition) is 3.